The highest BCUT2D eigenvalue weighted by molar-refractivity contribution is 7.53. The van der Waals surface area contributed by atoms with Gasteiger partial charge in [0.2, 0.25) is 0 Å². The summed E-state index contributed by atoms with van der Waals surface area (Å²) in [6.07, 6.45) is -4.60. The van der Waals surface area contributed by atoms with Crippen molar-refractivity contribution in [3.63, 3.8) is 0 Å². The molecule has 2 aromatic carbocycles. The van der Waals surface area contributed by atoms with Gasteiger partial charge in [-0.15, -0.1) is 0 Å². The van der Waals surface area contributed by atoms with Crippen LogP contribution in [0.1, 0.15) is 35.3 Å². The highest BCUT2D eigenvalue weighted by Crippen LogP contribution is 2.51. The Bertz CT molecular complexity index is 893. The van der Waals surface area contributed by atoms with Gasteiger partial charge >= 0.3 is 13.8 Å². The molecule has 0 spiro atoms. The highest BCUT2D eigenvalue weighted by atomic mass is 35.5. The molecule has 0 bridgehead atoms. The predicted octanol–water partition coefficient (Wildman–Crippen LogP) is 6.38. The Labute approximate surface area is 171 Å². The molecule has 1 amide bonds. The standard InChI is InChI=1S/C19H20ClF3NO4P/c1-3-27-29(26,28-4-2)12-13-8-10-14(11-9-13)24-18(25)15-6-5-7-16(17(15)20)19(21,22)23/h5-11H,3-4,12H2,1-2H3,(H,24,25). The van der Waals surface area contributed by atoms with Gasteiger partial charge in [0, 0.05) is 5.69 Å². The van der Waals surface area contributed by atoms with Crippen molar-refractivity contribution in [2.24, 2.45) is 0 Å². The summed E-state index contributed by atoms with van der Waals surface area (Å²) in [6.45, 7) is 3.90. The Morgan fingerprint density at radius 3 is 2.17 bits per heavy atom. The summed E-state index contributed by atoms with van der Waals surface area (Å²) in [5.41, 5.74) is -0.368. The molecule has 0 aliphatic heterocycles. The molecule has 2 aromatic rings. The average Bonchev–Trinajstić information content (AvgIpc) is 2.62. The third-order valence-corrected chi connectivity index (χ3v) is 6.25. The minimum Gasteiger partial charge on any atom is -0.322 e. The number of rotatable bonds is 8. The molecular formula is C19H20ClF3NO4P. The van der Waals surface area contributed by atoms with E-state index >= 15 is 0 Å². The number of anilines is 1. The summed E-state index contributed by atoms with van der Waals surface area (Å²) in [7, 11) is -3.27. The van der Waals surface area contributed by atoms with Gasteiger partial charge in [-0.05, 0) is 43.7 Å². The first-order valence-corrected chi connectivity index (χ1v) is 10.8. The van der Waals surface area contributed by atoms with Crippen LogP contribution in [0.3, 0.4) is 0 Å². The van der Waals surface area contributed by atoms with Crippen LogP contribution in [-0.4, -0.2) is 19.1 Å². The maximum Gasteiger partial charge on any atom is 0.417 e. The zero-order chi connectivity index (χ0) is 21.7. The first-order valence-electron chi connectivity index (χ1n) is 8.73. The summed E-state index contributed by atoms with van der Waals surface area (Å²) < 4.78 is 61.9. The van der Waals surface area contributed by atoms with Crippen molar-refractivity contribution in [3.8, 4) is 0 Å². The van der Waals surface area contributed by atoms with Crippen LogP contribution in [0.5, 0.6) is 0 Å². The van der Waals surface area contributed by atoms with E-state index in [-0.39, 0.29) is 24.9 Å². The smallest absolute Gasteiger partial charge is 0.322 e. The molecular weight excluding hydrogens is 430 g/mol. The lowest BCUT2D eigenvalue weighted by atomic mass is 10.1. The van der Waals surface area contributed by atoms with Crippen LogP contribution in [0, 0.1) is 0 Å². The fraction of sp³-hybridized carbons (Fsp3) is 0.316. The van der Waals surface area contributed by atoms with Gasteiger partial charge in [-0.3, -0.25) is 9.36 Å². The van der Waals surface area contributed by atoms with E-state index < -0.39 is 30.3 Å². The molecule has 1 N–H and O–H groups in total. The minimum absolute atomic E-state index is 0.0579. The summed E-state index contributed by atoms with van der Waals surface area (Å²) in [6, 6.07) is 9.45. The Morgan fingerprint density at radius 2 is 1.66 bits per heavy atom. The van der Waals surface area contributed by atoms with Crippen LogP contribution in [0.2, 0.25) is 5.02 Å². The third kappa shape index (κ3) is 6.31. The van der Waals surface area contributed by atoms with Crippen molar-refractivity contribution in [2.45, 2.75) is 26.2 Å². The van der Waals surface area contributed by atoms with Crippen LogP contribution in [0.25, 0.3) is 0 Å². The highest BCUT2D eigenvalue weighted by Gasteiger charge is 2.34. The molecule has 0 fully saturated rings. The molecule has 0 aliphatic carbocycles. The lowest BCUT2D eigenvalue weighted by Crippen LogP contribution is -2.15. The van der Waals surface area contributed by atoms with E-state index in [1.807, 2.05) is 0 Å². The van der Waals surface area contributed by atoms with Crippen molar-refractivity contribution in [2.75, 3.05) is 18.5 Å². The largest absolute Gasteiger partial charge is 0.417 e. The van der Waals surface area contributed by atoms with Crippen LogP contribution < -0.4 is 5.32 Å². The number of hydrogen-bond donors (Lipinski definition) is 1. The predicted molar refractivity (Wildman–Crippen MR) is 105 cm³/mol. The van der Waals surface area contributed by atoms with E-state index in [0.29, 0.717) is 11.3 Å². The van der Waals surface area contributed by atoms with Crippen LogP contribution in [-0.2, 0) is 26.0 Å². The van der Waals surface area contributed by atoms with Crippen LogP contribution in [0.15, 0.2) is 42.5 Å². The van der Waals surface area contributed by atoms with Gasteiger partial charge in [0.05, 0.1) is 35.5 Å². The molecule has 0 saturated carbocycles. The van der Waals surface area contributed by atoms with Crippen LogP contribution >= 0.6 is 19.2 Å². The average molecular weight is 450 g/mol. The van der Waals surface area contributed by atoms with Gasteiger partial charge in [0.25, 0.3) is 5.91 Å². The maximum atomic E-state index is 12.9. The summed E-state index contributed by atoms with van der Waals surface area (Å²) in [5, 5.41) is 1.83. The zero-order valence-electron chi connectivity index (χ0n) is 15.8. The minimum atomic E-state index is -4.66. The molecule has 0 aromatic heterocycles. The van der Waals surface area contributed by atoms with E-state index in [9.17, 15) is 22.5 Å². The topological polar surface area (TPSA) is 64.6 Å². The van der Waals surface area contributed by atoms with Gasteiger partial charge in [-0.2, -0.15) is 13.2 Å². The monoisotopic (exact) mass is 449 g/mol. The molecule has 29 heavy (non-hydrogen) atoms. The third-order valence-electron chi connectivity index (χ3n) is 3.79. The molecule has 0 heterocycles. The second-order valence-electron chi connectivity index (χ2n) is 5.92. The molecule has 2 rings (SSSR count). The second-order valence-corrected chi connectivity index (χ2v) is 8.35. The first kappa shape index (κ1) is 23.4. The van der Waals surface area contributed by atoms with Crippen LogP contribution in [0.4, 0.5) is 18.9 Å². The second kappa shape index (κ2) is 9.76. The maximum absolute atomic E-state index is 12.9. The van der Waals surface area contributed by atoms with Gasteiger partial charge in [-0.1, -0.05) is 29.8 Å². The van der Waals surface area contributed by atoms with Gasteiger partial charge < -0.3 is 14.4 Å². The molecule has 0 saturated heterocycles. The van der Waals surface area contributed by atoms with E-state index in [4.69, 9.17) is 20.6 Å². The number of hydrogen-bond acceptors (Lipinski definition) is 4. The van der Waals surface area contributed by atoms with Crippen molar-refractivity contribution >= 4 is 30.8 Å². The molecule has 0 unspecified atom stereocenters. The lowest BCUT2D eigenvalue weighted by Gasteiger charge is -2.17. The number of alkyl halides is 3. The molecule has 158 valence electrons. The Balaban J connectivity index is 2.14. The fourth-order valence-electron chi connectivity index (χ4n) is 2.56. The Hall–Kier alpha value is -1.86. The molecule has 0 aliphatic rings. The number of benzene rings is 2. The zero-order valence-corrected chi connectivity index (χ0v) is 17.4. The van der Waals surface area contributed by atoms with Crippen molar-refractivity contribution < 1.29 is 31.6 Å². The molecule has 10 heteroatoms. The lowest BCUT2D eigenvalue weighted by molar-refractivity contribution is -0.137. The number of halogens is 4. The van der Waals surface area contributed by atoms with Gasteiger partial charge in [0.1, 0.15) is 0 Å². The van der Waals surface area contributed by atoms with Gasteiger partial charge in [0.15, 0.2) is 0 Å². The van der Waals surface area contributed by atoms with E-state index in [2.05, 4.69) is 5.32 Å². The van der Waals surface area contributed by atoms with Crippen molar-refractivity contribution in [1.82, 2.24) is 0 Å². The number of amides is 1. The Kier molecular flexibility index (Phi) is 7.88. The van der Waals surface area contributed by atoms with Crippen molar-refractivity contribution in [1.29, 1.82) is 0 Å². The number of nitrogens with one attached hydrogen (secondary N) is 1. The molecule has 0 atom stereocenters. The number of carbonyl (C=O) groups excluding carboxylic acids is 1. The first-order chi connectivity index (χ1) is 13.6. The van der Waals surface area contributed by atoms with Gasteiger partial charge in [-0.25, -0.2) is 0 Å². The summed E-state index contributed by atoms with van der Waals surface area (Å²) >= 11 is 5.77. The van der Waals surface area contributed by atoms with E-state index in [1.165, 1.54) is 18.2 Å². The van der Waals surface area contributed by atoms with Crippen molar-refractivity contribution in [3.05, 3.63) is 64.2 Å². The molecule has 5 nitrogen and oxygen atoms in total. The summed E-state index contributed by atoms with van der Waals surface area (Å²) in [5.74, 6) is -0.775. The SMILES string of the molecule is CCOP(=O)(Cc1ccc(NC(=O)c2cccc(C(F)(F)F)c2Cl)cc1)OCC. The fourth-order valence-corrected chi connectivity index (χ4v) is 4.58. The summed E-state index contributed by atoms with van der Waals surface area (Å²) in [4.78, 5) is 12.4. The van der Waals surface area contributed by atoms with E-state index in [1.54, 1.807) is 26.0 Å². The Morgan fingerprint density at radius 1 is 1.07 bits per heavy atom. The number of carbonyl (C=O) groups is 1. The van der Waals surface area contributed by atoms with E-state index in [0.717, 1.165) is 12.1 Å². The normalized spacial score (nSPS) is 12.1. The molecule has 0 radical (unpaired) electrons. The quantitative estimate of drug-likeness (QED) is 0.475.